The first-order valence-corrected chi connectivity index (χ1v) is 21.5. The summed E-state index contributed by atoms with van der Waals surface area (Å²) in [7, 11) is -0.646. The van der Waals surface area contributed by atoms with Crippen LogP contribution in [0.1, 0.15) is 65.5 Å². The summed E-state index contributed by atoms with van der Waals surface area (Å²) >= 11 is 17.3. The Bertz CT molecular complexity index is 1580. The number of benzene rings is 2. The lowest BCUT2D eigenvalue weighted by atomic mass is 10.0. The third kappa shape index (κ3) is 14.5. The summed E-state index contributed by atoms with van der Waals surface area (Å²) in [6, 6.07) is 11.3. The fraction of sp³-hybridized carbons (Fsp3) is 0.568. The van der Waals surface area contributed by atoms with Crippen LogP contribution in [0.5, 0.6) is 11.5 Å². The van der Waals surface area contributed by atoms with Crippen LogP contribution in [0, 0.1) is 0 Å². The predicted molar refractivity (Wildman–Crippen MR) is 209 cm³/mol. The van der Waals surface area contributed by atoms with Gasteiger partial charge in [-0.25, -0.2) is 10.2 Å². The van der Waals surface area contributed by atoms with E-state index in [2.05, 4.69) is 49.9 Å². The maximum atomic E-state index is 14.3. The zero-order valence-electron chi connectivity index (χ0n) is 31.9. The summed E-state index contributed by atoms with van der Waals surface area (Å²) in [4.78, 5) is 54.3. The Kier molecular flexibility index (Phi) is 15.3. The van der Waals surface area contributed by atoms with E-state index in [0.717, 1.165) is 11.1 Å². The van der Waals surface area contributed by atoms with Crippen LogP contribution in [0.25, 0.3) is 0 Å². The first kappa shape index (κ1) is 44.2. The number of hydrogen-bond acceptors (Lipinski definition) is 9. The van der Waals surface area contributed by atoms with Crippen LogP contribution in [-0.4, -0.2) is 85.0 Å². The average molecular weight is 816 g/mol. The van der Waals surface area contributed by atoms with Crippen molar-refractivity contribution in [2.24, 2.45) is 0 Å². The third-order valence-corrected chi connectivity index (χ3v) is 13.5. The first-order valence-electron chi connectivity index (χ1n) is 17.5. The molecule has 0 aliphatic carbocycles. The Morgan fingerprint density at radius 3 is 2.13 bits per heavy atom. The number of ether oxygens (including phenoxy) is 3. The van der Waals surface area contributed by atoms with E-state index in [-0.39, 0.29) is 24.4 Å². The number of alkyl halides is 3. The summed E-state index contributed by atoms with van der Waals surface area (Å²) < 4.78 is 20.6. The molecule has 294 valence electrons. The molecule has 1 heterocycles. The zero-order valence-corrected chi connectivity index (χ0v) is 35.2. The van der Waals surface area contributed by atoms with Crippen LogP contribution in [0.15, 0.2) is 48.5 Å². The van der Waals surface area contributed by atoms with Gasteiger partial charge in [-0.1, -0.05) is 79.8 Å². The molecule has 1 aliphatic heterocycles. The SMILES string of the molecule is COc1ccc(CC(NC(=O)OC(C)(C)C)C(=O)NC(Cc2cccc(O[Si](C)(C)C(C)(C)C)c2)C(=O)N2CCCC(C(=O)OCC(Cl)(Cl)Cl)N2)cc1. The predicted octanol–water partition coefficient (Wildman–Crippen LogP) is 6.65. The number of hydrogen-bond donors (Lipinski definition) is 3. The number of halogens is 3. The molecule has 1 fully saturated rings. The van der Waals surface area contributed by atoms with E-state index in [1.807, 2.05) is 24.3 Å². The molecular formula is C37H53Cl3N4O8Si. The van der Waals surface area contributed by atoms with Crippen molar-refractivity contribution in [2.75, 3.05) is 20.3 Å². The maximum Gasteiger partial charge on any atom is 0.408 e. The monoisotopic (exact) mass is 814 g/mol. The molecule has 16 heteroatoms. The molecule has 0 aromatic heterocycles. The smallest absolute Gasteiger partial charge is 0.408 e. The van der Waals surface area contributed by atoms with Gasteiger partial charge in [0.2, 0.25) is 18.0 Å². The van der Waals surface area contributed by atoms with Crippen LogP contribution in [0.2, 0.25) is 18.1 Å². The van der Waals surface area contributed by atoms with E-state index in [1.54, 1.807) is 52.1 Å². The number of nitrogens with one attached hydrogen (secondary N) is 3. The molecule has 0 saturated carbocycles. The topological polar surface area (TPSA) is 145 Å². The van der Waals surface area contributed by atoms with Gasteiger partial charge >= 0.3 is 12.1 Å². The van der Waals surface area contributed by atoms with E-state index in [1.165, 1.54) is 5.01 Å². The largest absolute Gasteiger partial charge is 0.543 e. The minimum Gasteiger partial charge on any atom is -0.543 e. The number of rotatable bonds is 13. The lowest BCUT2D eigenvalue weighted by Crippen LogP contribution is -2.62. The number of carbonyl (C=O) groups excluding carboxylic acids is 4. The average Bonchev–Trinajstić information content (AvgIpc) is 3.05. The molecular weight excluding hydrogens is 763 g/mol. The van der Waals surface area contributed by atoms with E-state index in [4.69, 9.17) is 53.4 Å². The van der Waals surface area contributed by atoms with Gasteiger partial charge < -0.3 is 29.3 Å². The fourth-order valence-corrected chi connectivity index (χ4v) is 6.29. The van der Waals surface area contributed by atoms with Crippen molar-refractivity contribution in [2.45, 2.75) is 113 Å². The summed E-state index contributed by atoms with van der Waals surface area (Å²) in [5.41, 5.74) is 3.57. The zero-order chi connectivity index (χ0) is 39.8. The van der Waals surface area contributed by atoms with Crippen molar-refractivity contribution in [1.29, 1.82) is 0 Å². The van der Waals surface area contributed by atoms with Crippen LogP contribution >= 0.6 is 34.8 Å². The van der Waals surface area contributed by atoms with Crippen LogP contribution in [-0.2, 0) is 36.7 Å². The summed E-state index contributed by atoms with van der Waals surface area (Å²) in [5, 5.41) is 6.82. The first-order chi connectivity index (χ1) is 24.5. The minimum atomic E-state index is -2.20. The summed E-state index contributed by atoms with van der Waals surface area (Å²) in [6.45, 7) is 15.7. The Hall–Kier alpha value is -3.23. The molecule has 3 amide bonds. The van der Waals surface area contributed by atoms with Crippen molar-refractivity contribution in [3.05, 3.63) is 59.7 Å². The molecule has 1 saturated heterocycles. The number of nitrogens with zero attached hydrogens (tertiary/aromatic N) is 1. The quantitative estimate of drug-likeness (QED) is 0.115. The molecule has 53 heavy (non-hydrogen) atoms. The number of carbonyl (C=O) groups is 4. The van der Waals surface area contributed by atoms with Gasteiger partial charge in [0.25, 0.3) is 5.91 Å². The van der Waals surface area contributed by atoms with E-state index < -0.39 is 66.3 Å². The van der Waals surface area contributed by atoms with E-state index >= 15 is 0 Å². The minimum absolute atomic E-state index is 0.0497. The standard InChI is InChI=1S/C37H53Cl3N4O8Si/c1-35(2,3)51-34(48)42-29(21-24-15-17-26(49-7)18-16-24)31(45)41-30(22-25-12-10-13-27(20-25)52-53(8,9)36(4,5)6)32(46)44-19-11-14-28(43-44)33(47)50-23-37(38,39)40/h10,12-13,15-18,20,28-30,43H,11,14,19,21-23H2,1-9H3,(H,41,45)(H,42,48). The molecule has 3 rings (SSSR count). The molecule has 2 aromatic rings. The van der Waals surface area contributed by atoms with Gasteiger partial charge in [0.05, 0.1) is 7.11 Å². The van der Waals surface area contributed by atoms with Gasteiger partial charge in [-0.2, -0.15) is 0 Å². The number of hydrazine groups is 1. The Morgan fingerprint density at radius 2 is 1.55 bits per heavy atom. The van der Waals surface area contributed by atoms with Crippen molar-refractivity contribution in [3.8, 4) is 11.5 Å². The molecule has 1 aliphatic rings. The Morgan fingerprint density at radius 1 is 0.906 bits per heavy atom. The molecule has 12 nitrogen and oxygen atoms in total. The molecule has 3 N–H and O–H groups in total. The Labute approximate surface area is 329 Å². The van der Waals surface area contributed by atoms with Gasteiger partial charge in [0, 0.05) is 19.4 Å². The maximum absolute atomic E-state index is 14.3. The van der Waals surface area contributed by atoms with Gasteiger partial charge in [-0.3, -0.25) is 19.4 Å². The second-order valence-electron chi connectivity index (χ2n) is 15.6. The molecule has 3 unspecified atom stereocenters. The van der Waals surface area contributed by atoms with Gasteiger partial charge in [0.15, 0.2) is 0 Å². The molecule has 2 aromatic carbocycles. The van der Waals surface area contributed by atoms with Crippen molar-refractivity contribution >= 4 is 67.0 Å². The van der Waals surface area contributed by atoms with Gasteiger partial charge in [-0.05, 0) is 87.1 Å². The molecule has 3 atom stereocenters. The third-order valence-electron chi connectivity index (χ3n) is 8.85. The highest BCUT2D eigenvalue weighted by atomic mass is 35.6. The summed E-state index contributed by atoms with van der Waals surface area (Å²) in [5.74, 6) is -0.527. The fourth-order valence-electron chi connectivity index (χ4n) is 5.10. The van der Waals surface area contributed by atoms with Crippen LogP contribution < -0.4 is 25.2 Å². The number of alkyl carbamates (subject to hydrolysis) is 1. The lowest BCUT2D eigenvalue weighted by molar-refractivity contribution is -0.153. The highest BCUT2D eigenvalue weighted by Gasteiger charge is 2.39. The second kappa shape index (κ2) is 18.4. The van der Waals surface area contributed by atoms with Gasteiger partial charge in [-0.15, -0.1) is 0 Å². The summed E-state index contributed by atoms with van der Waals surface area (Å²) in [6.07, 6.45) is 0.199. The van der Waals surface area contributed by atoms with Crippen molar-refractivity contribution in [3.63, 3.8) is 0 Å². The molecule has 0 radical (unpaired) electrons. The molecule has 0 spiro atoms. The highest BCUT2D eigenvalue weighted by molar-refractivity contribution is 6.74. The number of methoxy groups -OCH3 is 1. The Balaban J connectivity index is 1.94. The van der Waals surface area contributed by atoms with Crippen LogP contribution in [0.4, 0.5) is 4.79 Å². The molecule has 0 bridgehead atoms. The van der Waals surface area contributed by atoms with E-state index in [0.29, 0.717) is 24.3 Å². The lowest BCUT2D eigenvalue weighted by Gasteiger charge is -2.36. The number of esters is 1. The normalized spacial score (nSPS) is 16.5. The highest BCUT2D eigenvalue weighted by Crippen LogP contribution is 2.37. The van der Waals surface area contributed by atoms with Crippen molar-refractivity contribution in [1.82, 2.24) is 21.1 Å². The van der Waals surface area contributed by atoms with Gasteiger partial charge in [0.1, 0.15) is 41.8 Å². The van der Waals surface area contributed by atoms with E-state index in [9.17, 15) is 19.2 Å². The van der Waals surface area contributed by atoms with Crippen molar-refractivity contribution < 1.29 is 37.8 Å². The van der Waals surface area contributed by atoms with Crippen LogP contribution in [0.3, 0.4) is 0 Å². The number of amides is 3. The second-order valence-corrected chi connectivity index (χ2v) is 22.8.